The van der Waals surface area contributed by atoms with E-state index in [1.165, 1.54) is 16.7 Å². The highest BCUT2D eigenvalue weighted by atomic mass is 19.3. The van der Waals surface area contributed by atoms with E-state index in [1.807, 2.05) is 0 Å². The lowest BCUT2D eigenvalue weighted by Gasteiger charge is -2.14. The summed E-state index contributed by atoms with van der Waals surface area (Å²) in [5.74, 6) is 0.177. The van der Waals surface area contributed by atoms with Gasteiger partial charge in [-0.3, -0.25) is 0 Å². The van der Waals surface area contributed by atoms with Crippen molar-refractivity contribution in [3.8, 4) is 5.75 Å². The Morgan fingerprint density at radius 1 is 1.00 bits per heavy atom. The standard InChI is InChI=1S/C17H19F2NO/c1-11-8-12(2)16(13(3)9-11)20-10-14-4-6-15(7-5-14)21-17(18)19/h4-9,17,20H,10H2,1-3H3. The van der Waals surface area contributed by atoms with Gasteiger partial charge in [0.15, 0.2) is 0 Å². The molecule has 112 valence electrons. The lowest BCUT2D eigenvalue weighted by Crippen LogP contribution is -2.04. The van der Waals surface area contributed by atoms with Gasteiger partial charge in [0.25, 0.3) is 0 Å². The molecule has 0 saturated heterocycles. The maximum Gasteiger partial charge on any atom is 0.387 e. The fourth-order valence-electron chi connectivity index (χ4n) is 2.44. The average Bonchev–Trinajstić information content (AvgIpc) is 2.38. The van der Waals surface area contributed by atoms with Crippen molar-refractivity contribution in [1.29, 1.82) is 0 Å². The number of aryl methyl sites for hydroxylation is 3. The van der Waals surface area contributed by atoms with Crippen LogP contribution < -0.4 is 10.1 Å². The van der Waals surface area contributed by atoms with Crippen molar-refractivity contribution in [3.63, 3.8) is 0 Å². The van der Waals surface area contributed by atoms with Crippen molar-refractivity contribution in [2.45, 2.75) is 33.9 Å². The Labute approximate surface area is 123 Å². The van der Waals surface area contributed by atoms with Crippen LogP contribution in [0.3, 0.4) is 0 Å². The van der Waals surface area contributed by atoms with Gasteiger partial charge in [-0.25, -0.2) is 0 Å². The minimum Gasteiger partial charge on any atom is -0.435 e. The predicted molar refractivity (Wildman–Crippen MR) is 81.1 cm³/mol. The first kappa shape index (κ1) is 15.3. The number of anilines is 1. The fraction of sp³-hybridized carbons (Fsp3) is 0.294. The highest BCUT2D eigenvalue weighted by Crippen LogP contribution is 2.23. The second-order valence-corrected chi connectivity index (χ2v) is 5.15. The zero-order chi connectivity index (χ0) is 15.4. The molecule has 0 saturated carbocycles. The van der Waals surface area contributed by atoms with Gasteiger partial charge in [0.2, 0.25) is 0 Å². The number of hydrogen-bond acceptors (Lipinski definition) is 2. The number of hydrogen-bond donors (Lipinski definition) is 1. The molecule has 1 N–H and O–H groups in total. The Morgan fingerprint density at radius 2 is 1.57 bits per heavy atom. The molecule has 0 aliphatic carbocycles. The van der Waals surface area contributed by atoms with Crippen molar-refractivity contribution < 1.29 is 13.5 Å². The lowest BCUT2D eigenvalue weighted by molar-refractivity contribution is -0.0498. The molecule has 2 rings (SSSR count). The van der Waals surface area contributed by atoms with Gasteiger partial charge in [-0.1, -0.05) is 29.8 Å². The molecule has 2 aromatic carbocycles. The maximum absolute atomic E-state index is 12.1. The van der Waals surface area contributed by atoms with E-state index in [2.05, 4.69) is 43.0 Å². The molecule has 21 heavy (non-hydrogen) atoms. The van der Waals surface area contributed by atoms with Crippen LogP contribution in [0.2, 0.25) is 0 Å². The van der Waals surface area contributed by atoms with Crippen LogP contribution in [0.5, 0.6) is 5.75 Å². The average molecular weight is 291 g/mol. The molecule has 0 aliphatic rings. The van der Waals surface area contributed by atoms with E-state index in [1.54, 1.807) is 24.3 Å². The monoisotopic (exact) mass is 291 g/mol. The number of halogens is 2. The summed E-state index contributed by atoms with van der Waals surface area (Å²) in [7, 11) is 0. The first-order valence-corrected chi connectivity index (χ1v) is 6.81. The molecule has 0 atom stereocenters. The molecule has 0 amide bonds. The molecular weight excluding hydrogens is 272 g/mol. The van der Waals surface area contributed by atoms with Crippen molar-refractivity contribution in [2.24, 2.45) is 0 Å². The summed E-state index contributed by atoms with van der Waals surface area (Å²) in [5.41, 5.74) is 5.77. The predicted octanol–water partition coefficient (Wildman–Crippen LogP) is 4.83. The SMILES string of the molecule is Cc1cc(C)c(NCc2ccc(OC(F)F)cc2)c(C)c1. The van der Waals surface area contributed by atoms with Gasteiger partial charge in [0, 0.05) is 12.2 Å². The molecule has 0 bridgehead atoms. The van der Waals surface area contributed by atoms with Crippen molar-refractivity contribution >= 4 is 5.69 Å². The maximum atomic E-state index is 12.1. The minimum atomic E-state index is -2.79. The fourth-order valence-corrected chi connectivity index (χ4v) is 2.44. The van der Waals surface area contributed by atoms with Crippen molar-refractivity contribution in [3.05, 3.63) is 58.7 Å². The van der Waals surface area contributed by atoms with Gasteiger partial charge in [0.1, 0.15) is 5.75 Å². The van der Waals surface area contributed by atoms with Gasteiger partial charge in [-0.05, 0) is 49.6 Å². The number of ether oxygens (including phenoxy) is 1. The normalized spacial score (nSPS) is 10.8. The second kappa shape index (κ2) is 6.57. The summed E-state index contributed by atoms with van der Waals surface area (Å²) >= 11 is 0. The molecule has 2 nitrogen and oxygen atoms in total. The summed E-state index contributed by atoms with van der Waals surface area (Å²) in [6.07, 6.45) is 0. The Morgan fingerprint density at radius 3 is 2.10 bits per heavy atom. The Kier molecular flexibility index (Phi) is 4.78. The molecule has 0 radical (unpaired) electrons. The van der Waals surface area contributed by atoms with Gasteiger partial charge in [0.05, 0.1) is 0 Å². The van der Waals surface area contributed by atoms with E-state index >= 15 is 0 Å². The van der Waals surface area contributed by atoms with Crippen LogP contribution in [0.25, 0.3) is 0 Å². The van der Waals surface area contributed by atoms with Crippen LogP contribution in [0, 0.1) is 20.8 Å². The quantitative estimate of drug-likeness (QED) is 0.852. The first-order valence-electron chi connectivity index (χ1n) is 6.81. The molecule has 2 aromatic rings. The summed E-state index contributed by atoms with van der Waals surface area (Å²) in [6, 6.07) is 10.9. The van der Waals surface area contributed by atoms with Crippen LogP contribution >= 0.6 is 0 Å². The molecule has 4 heteroatoms. The number of alkyl halides is 2. The molecule has 0 aromatic heterocycles. The lowest BCUT2D eigenvalue weighted by atomic mass is 10.0. The van der Waals surface area contributed by atoms with E-state index in [-0.39, 0.29) is 5.75 Å². The molecule has 0 fully saturated rings. The summed E-state index contributed by atoms with van der Waals surface area (Å²) in [5, 5.41) is 3.40. The molecule has 0 heterocycles. The van der Waals surface area contributed by atoms with Gasteiger partial charge >= 0.3 is 6.61 Å². The molecule has 0 spiro atoms. The summed E-state index contributed by atoms with van der Waals surface area (Å²) in [6.45, 7) is 4.07. The third-order valence-corrected chi connectivity index (χ3v) is 3.29. The van der Waals surface area contributed by atoms with Crippen LogP contribution in [0.15, 0.2) is 36.4 Å². The zero-order valence-corrected chi connectivity index (χ0v) is 12.4. The second-order valence-electron chi connectivity index (χ2n) is 5.15. The van der Waals surface area contributed by atoms with Crippen LogP contribution in [0.1, 0.15) is 22.3 Å². The minimum absolute atomic E-state index is 0.177. The van der Waals surface area contributed by atoms with Gasteiger partial charge in [-0.15, -0.1) is 0 Å². The van der Waals surface area contributed by atoms with E-state index in [4.69, 9.17) is 0 Å². The van der Waals surface area contributed by atoms with Crippen LogP contribution in [0.4, 0.5) is 14.5 Å². The summed E-state index contributed by atoms with van der Waals surface area (Å²) in [4.78, 5) is 0. The third kappa shape index (κ3) is 4.18. The number of rotatable bonds is 5. The van der Waals surface area contributed by atoms with Crippen LogP contribution in [-0.2, 0) is 6.54 Å². The van der Waals surface area contributed by atoms with E-state index in [9.17, 15) is 8.78 Å². The largest absolute Gasteiger partial charge is 0.435 e. The number of nitrogens with one attached hydrogen (secondary N) is 1. The number of benzene rings is 2. The topological polar surface area (TPSA) is 21.3 Å². The smallest absolute Gasteiger partial charge is 0.387 e. The van der Waals surface area contributed by atoms with Gasteiger partial charge in [-0.2, -0.15) is 8.78 Å². The Bertz CT molecular complexity index is 586. The van der Waals surface area contributed by atoms with Crippen molar-refractivity contribution in [2.75, 3.05) is 5.32 Å². The van der Waals surface area contributed by atoms with Crippen molar-refractivity contribution in [1.82, 2.24) is 0 Å². The van der Waals surface area contributed by atoms with E-state index in [0.717, 1.165) is 11.3 Å². The van der Waals surface area contributed by atoms with Gasteiger partial charge < -0.3 is 10.1 Å². The Balaban J connectivity index is 2.03. The van der Waals surface area contributed by atoms with Crippen LogP contribution in [-0.4, -0.2) is 6.61 Å². The highest BCUT2D eigenvalue weighted by molar-refractivity contribution is 5.58. The molecule has 0 unspecified atom stereocenters. The first-order chi connectivity index (χ1) is 9.95. The summed E-state index contributed by atoms with van der Waals surface area (Å²) < 4.78 is 28.5. The third-order valence-electron chi connectivity index (χ3n) is 3.29. The zero-order valence-electron chi connectivity index (χ0n) is 12.4. The van der Waals surface area contributed by atoms with E-state index < -0.39 is 6.61 Å². The Hall–Kier alpha value is -2.10. The molecule has 0 aliphatic heterocycles. The molecular formula is C17H19F2NO. The highest BCUT2D eigenvalue weighted by Gasteiger charge is 2.05. The van der Waals surface area contributed by atoms with E-state index in [0.29, 0.717) is 6.54 Å².